The Kier molecular flexibility index (Phi) is 4.85. The average molecular weight is 484 g/mol. The Hall–Kier alpha value is -4.50. The molecule has 9 heteroatoms. The lowest BCUT2D eigenvalue weighted by atomic mass is 9.99. The summed E-state index contributed by atoms with van der Waals surface area (Å²) < 4.78 is 21.4. The summed E-state index contributed by atoms with van der Waals surface area (Å²) in [6.07, 6.45) is 0. The maximum absolute atomic E-state index is 13.8. The standard InChI is InChI=1S/C26H17N3O5S/c1-33-16-9-7-15(8-10-16)21-22(26(31)32)25(30)29(13-14-6-11-18-19(12-14)28-35-27-18)23-17-4-2-3-5-20(17)34-24(21)23/h2-12H,13H2,1H3,(H,31,32). The lowest BCUT2D eigenvalue weighted by Gasteiger charge is -2.14. The molecule has 8 nitrogen and oxygen atoms in total. The van der Waals surface area contributed by atoms with Crippen molar-refractivity contribution in [1.82, 2.24) is 13.3 Å². The van der Waals surface area contributed by atoms with Crippen LogP contribution in [0.5, 0.6) is 5.75 Å². The van der Waals surface area contributed by atoms with E-state index in [4.69, 9.17) is 9.15 Å². The van der Waals surface area contributed by atoms with Crippen LogP contribution in [0.15, 0.2) is 75.9 Å². The zero-order valence-electron chi connectivity index (χ0n) is 18.4. The summed E-state index contributed by atoms with van der Waals surface area (Å²) in [5.41, 5.74) is 3.56. The van der Waals surface area contributed by atoms with Gasteiger partial charge in [-0.2, -0.15) is 8.75 Å². The van der Waals surface area contributed by atoms with Gasteiger partial charge in [-0.15, -0.1) is 0 Å². The van der Waals surface area contributed by atoms with E-state index in [-0.39, 0.29) is 17.7 Å². The summed E-state index contributed by atoms with van der Waals surface area (Å²) in [7, 11) is 1.55. The maximum atomic E-state index is 13.8. The van der Waals surface area contributed by atoms with E-state index < -0.39 is 11.5 Å². The first kappa shape index (κ1) is 21.1. The SMILES string of the molecule is COc1ccc(-c2c(C(=O)O)c(=O)n(Cc3ccc4nsnc4c3)c3c2oc2ccccc23)cc1. The van der Waals surface area contributed by atoms with Crippen LogP contribution in [-0.4, -0.2) is 31.5 Å². The number of aromatic carboxylic acids is 1. The minimum Gasteiger partial charge on any atom is -0.497 e. The van der Waals surface area contributed by atoms with Gasteiger partial charge < -0.3 is 14.3 Å². The molecule has 3 aromatic heterocycles. The van der Waals surface area contributed by atoms with Crippen LogP contribution in [-0.2, 0) is 6.54 Å². The second kappa shape index (κ2) is 8.07. The van der Waals surface area contributed by atoms with Gasteiger partial charge in [-0.05, 0) is 47.5 Å². The first-order chi connectivity index (χ1) is 17.0. The maximum Gasteiger partial charge on any atom is 0.342 e. The molecule has 0 atom stereocenters. The van der Waals surface area contributed by atoms with E-state index in [0.29, 0.717) is 28.0 Å². The molecule has 0 saturated carbocycles. The van der Waals surface area contributed by atoms with Crippen molar-refractivity contribution in [2.45, 2.75) is 6.54 Å². The predicted molar refractivity (Wildman–Crippen MR) is 133 cm³/mol. The Balaban J connectivity index is 1.69. The number of nitrogens with zero attached hydrogens (tertiary/aromatic N) is 3. The molecular formula is C26H17N3O5S. The number of aromatic nitrogens is 3. The van der Waals surface area contributed by atoms with Crippen molar-refractivity contribution in [3.63, 3.8) is 0 Å². The number of carboxylic acids is 1. The normalized spacial score (nSPS) is 11.5. The van der Waals surface area contributed by atoms with Crippen molar-refractivity contribution in [1.29, 1.82) is 0 Å². The third kappa shape index (κ3) is 3.36. The molecule has 0 aliphatic heterocycles. The van der Waals surface area contributed by atoms with Crippen molar-refractivity contribution in [3.8, 4) is 16.9 Å². The molecule has 6 rings (SSSR count). The number of rotatable bonds is 5. The summed E-state index contributed by atoms with van der Waals surface area (Å²) in [6, 6.07) is 19.8. The van der Waals surface area contributed by atoms with Crippen LogP contribution in [0.1, 0.15) is 15.9 Å². The van der Waals surface area contributed by atoms with Gasteiger partial charge in [0.2, 0.25) is 0 Å². The quantitative estimate of drug-likeness (QED) is 0.360. The third-order valence-corrected chi connectivity index (χ3v) is 6.58. The number of para-hydroxylation sites is 1. The van der Waals surface area contributed by atoms with Crippen LogP contribution < -0.4 is 10.3 Å². The summed E-state index contributed by atoms with van der Waals surface area (Å²) in [5, 5.41) is 10.9. The molecule has 3 aromatic carbocycles. The minimum atomic E-state index is -1.32. The van der Waals surface area contributed by atoms with E-state index in [1.807, 2.05) is 36.4 Å². The Morgan fingerprint density at radius 1 is 1.06 bits per heavy atom. The minimum absolute atomic E-state index is 0.148. The first-order valence-electron chi connectivity index (χ1n) is 10.7. The van der Waals surface area contributed by atoms with Crippen molar-refractivity contribution in [2.24, 2.45) is 0 Å². The highest BCUT2D eigenvalue weighted by atomic mass is 32.1. The molecule has 0 bridgehead atoms. The highest BCUT2D eigenvalue weighted by molar-refractivity contribution is 7.00. The number of fused-ring (bicyclic) bond motifs is 4. The van der Waals surface area contributed by atoms with Crippen LogP contribution in [0, 0.1) is 0 Å². The van der Waals surface area contributed by atoms with E-state index in [9.17, 15) is 14.7 Å². The number of furan rings is 1. The summed E-state index contributed by atoms with van der Waals surface area (Å²) in [5.74, 6) is -0.706. The molecule has 6 aromatic rings. The third-order valence-electron chi connectivity index (χ3n) is 6.03. The highest BCUT2D eigenvalue weighted by Crippen LogP contribution is 2.37. The number of hydrogen-bond donors (Lipinski definition) is 1. The Bertz CT molecular complexity index is 1820. The molecule has 0 fully saturated rings. The zero-order valence-corrected chi connectivity index (χ0v) is 19.2. The average Bonchev–Trinajstić information content (AvgIpc) is 3.49. The van der Waals surface area contributed by atoms with Gasteiger partial charge in [-0.25, -0.2) is 4.79 Å². The van der Waals surface area contributed by atoms with Gasteiger partial charge in [-0.3, -0.25) is 9.36 Å². The number of methoxy groups -OCH3 is 1. The Morgan fingerprint density at radius 3 is 2.60 bits per heavy atom. The van der Waals surface area contributed by atoms with Crippen LogP contribution in [0.3, 0.4) is 0 Å². The molecule has 3 heterocycles. The fourth-order valence-corrected chi connectivity index (χ4v) is 4.93. The van der Waals surface area contributed by atoms with Gasteiger partial charge in [0.05, 0.1) is 30.9 Å². The monoisotopic (exact) mass is 483 g/mol. The van der Waals surface area contributed by atoms with Gasteiger partial charge in [0.25, 0.3) is 5.56 Å². The van der Waals surface area contributed by atoms with E-state index >= 15 is 0 Å². The van der Waals surface area contributed by atoms with E-state index in [2.05, 4.69) is 8.75 Å². The Labute approximate surface area is 202 Å². The van der Waals surface area contributed by atoms with Gasteiger partial charge in [0.1, 0.15) is 27.9 Å². The number of carboxylic acid groups (broad SMARTS) is 1. The number of ether oxygens (including phenoxy) is 1. The van der Waals surface area contributed by atoms with E-state index in [1.165, 1.54) is 4.57 Å². The van der Waals surface area contributed by atoms with Crippen molar-refractivity contribution in [3.05, 3.63) is 88.2 Å². The first-order valence-corrected chi connectivity index (χ1v) is 11.4. The molecule has 172 valence electrons. The molecule has 0 amide bonds. The van der Waals surface area contributed by atoms with Gasteiger partial charge in [0, 0.05) is 10.9 Å². The molecular weight excluding hydrogens is 466 g/mol. The van der Waals surface area contributed by atoms with Gasteiger partial charge in [0.15, 0.2) is 5.58 Å². The topological polar surface area (TPSA) is 107 Å². The van der Waals surface area contributed by atoms with Gasteiger partial charge >= 0.3 is 5.97 Å². The largest absolute Gasteiger partial charge is 0.497 e. The van der Waals surface area contributed by atoms with Crippen molar-refractivity contribution >= 4 is 50.8 Å². The van der Waals surface area contributed by atoms with Crippen molar-refractivity contribution in [2.75, 3.05) is 7.11 Å². The number of carbonyl (C=O) groups is 1. The molecule has 0 spiro atoms. The molecule has 0 radical (unpaired) electrons. The summed E-state index contributed by atoms with van der Waals surface area (Å²) >= 11 is 1.12. The molecule has 1 N–H and O–H groups in total. The molecule has 0 saturated heterocycles. The Morgan fingerprint density at radius 2 is 1.83 bits per heavy atom. The summed E-state index contributed by atoms with van der Waals surface area (Å²) in [6.45, 7) is 0.148. The zero-order chi connectivity index (χ0) is 24.1. The second-order valence-corrected chi connectivity index (χ2v) is 8.57. The number of pyridine rings is 1. The van der Waals surface area contributed by atoms with E-state index in [0.717, 1.165) is 33.7 Å². The molecule has 0 aliphatic carbocycles. The van der Waals surface area contributed by atoms with Gasteiger partial charge in [-0.1, -0.05) is 30.3 Å². The van der Waals surface area contributed by atoms with Crippen LogP contribution >= 0.6 is 11.7 Å². The van der Waals surface area contributed by atoms with Crippen LogP contribution in [0.4, 0.5) is 0 Å². The highest BCUT2D eigenvalue weighted by Gasteiger charge is 2.27. The lowest BCUT2D eigenvalue weighted by molar-refractivity contribution is 0.0695. The predicted octanol–water partition coefficient (Wildman–Crippen LogP) is 5.17. The van der Waals surface area contributed by atoms with Crippen molar-refractivity contribution < 1.29 is 19.1 Å². The van der Waals surface area contributed by atoms with Crippen LogP contribution in [0.2, 0.25) is 0 Å². The molecule has 0 aliphatic rings. The number of hydrogen-bond acceptors (Lipinski definition) is 7. The fraction of sp³-hybridized carbons (Fsp3) is 0.0769. The van der Waals surface area contributed by atoms with Crippen LogP contribution in [0.25, 0.3) is 44.2 Å². The van der Waals surface area contributed by atoms with E-state index in [1.54, 1.807) is 37.4 Å². The smallest absolute Gasteiger partial charge is 0.342 e. The number of benzene rings is 3. The fourth-order valence-electron chi connectivity index (χ4n) is 4.42. The molecule has 0 unspecified atom stereocenters. The second-order valence-electron chi connectivity index (χ2n) is 8.04. The molecule has 35 heavy (non-hydrogen) atoms. The lowest BCUT2D eigenvalue weighted by Crippen LogP contribution is -2.28. The summed E-state index contributed by atoms with van der Waals surface area (Å²) in [4.78, 5) is 26.2.